The summed E-state index contributed by atoms with van der Waals surface area (Å²) in [5, 5.41) is 12.6. The summed E-state index contributed by atoms with van der Waals surface area (Å²) >= 11 is 0. The van der Waals surface area contributed by atoms with Crippen LogP contribution >= 0.6 is 0 Å². The van der Waals surface area contributed by atoms with E-state index in [9.17, 15) is 9.90 Å². The second-order valence-electron chi connectivity index (χ2n) is 5.24. The van der Waals surface area contributed by atoms with Gasteiger partial charge in [-0.15, -0.1) is 0 Å². The molecule has 1 heterocycles. The van der Waals surface area contributed by atoms with E-state index in [2.05, 4.69) is 12.2 Å². The molecule has 1 fully saturated rings. The third-order valence-electron chi connectivity index (χ3n) is 3.76. The van der Waals surface area contributed by atoms with E-state index in [0.29, 0.717) is 17.2 Å². The molecule has 2 N–H and O–H groups in total. The van der Waals surface area contributed by atoms with Crippen LogP contribution in [0.15, 0.2) is 18.2 Å². The summed E-state index contributed by atoms with van der Waals surface area (Å²) < 4.78 is 5.36. The van der Waals surface area contributed by atoms with E-state index in [4.69, 9.17) is 4.74 Å². The number of carboxylic acids is 1. The lowest BCUT2D eigenvalue weighted by molar-refractivity contribution is 0.0621. The molecule has 2 rings (SSSR count). The van der Waals surface area contributed by atoms with Crippen molar-refractivity contribution in [3.63, 3.8) is 0 Å². The second kappa shape index (κ2) is 6.06. The van der Waals surface area contributed by atoms with Gasteiger partial charge in [0.2, 0.25) is 0 Å². The van der Waals surface area contributed by atoms with Crippen LogP contribution in [0.5, 0.6) is 0 Å². The number of hydrogen-bond acceptors (Lipinski definition) is 3. The molecule has 1 aromatic rings. The summed E-state index contributed by atoms with van der Waals surface area (Å²) in [7, 11) is 0. The van der Waals surface area contributed by atoms with E-state index >= 15 is 0 Å². The standard InChI is InChI=1S/C15H21NO3/c1-10-3-4-13(15(17)18)14(9-10)16-11(2)12-5-7-19-8-6-12/h3-4,9,11-12,16H,5-8H2,1-2H3,(H,17,18). The number of aromatic carboxylic acids is 1. The molecule has 1 saturated heterocycles. The number of nitrogens with one attached hydrogen (secondary N) is 1. The summed E-state index contributed by atoms with van der Waals surface area (Å²) in [6.07, 6.45) is 2.06. The van der Waals surface area contributed by atoms with Crippen molar-refractivity contribution >= 4 is 11.7 Å². The van der Waals surface area contributed by atoms with E-state index in [0.717, 1.165) is 31.6 Å². The van der Waals surface area contributed by atoms with Crippen molar-refractivity contribution in [3.8, 4) is 0 Å². The van der Waals surface area contributed by atoms with Crippen molar-refractivity contribution in [1.29, 1.82) is 0 Å². The number of anilines is 1. The van der Waals surface area contributed by atoms with E-state index in [1.807, 2.05) is 19.1 Å². The van der Waals surface area contributed by atoms with Crippen molar-refractivity contribution in [3.05, 3.63) is 29.3 Å². The van der Waals surface area contributed by atoms with Gasteiger partial charge >= 0.3 is 5.97 Å². The molecule has 1 aliphatic rings. The molecule has 4 nitrogen and oxygen atoms in total. The van der Waals surface area contributed by atoms with E-state index in [-0.39, 0.29) is 6.04 Å². The zero-order valence-electron chi connectivity index (χ0n) is 11.5. The monoisotopic (exact) mass is 263 g/mol. The highest BCUT2D eigenvalue weighted by molar-refractivity contribution is 5.94. The quantitative estimate of drug-likeness (QED) is 0.877. The number of carbonyl (C=O) groups is 1. The Balaban J connectivity index is 2.12. The molecule has 0 aliphatic carbocycles. The molecule has 0 spiro atoms. The van der Waals surface area contributed by atoms with Crippen LogP contribution in [0.4, 0.5) is 5.69 Å². The fraction of sp³-hybridized carbons (Fsp3) is 0.533. The summed E-state index contributed by atoms with van der Waals surface area (Å²) in [5.41, 5.74) is 2.11. The average molecular weight is 263 g/mol. The molecular formula is C15H21NO3. The maximum absolute atomic E-state index is 11.2. The van der Waals surface area contributed by atoms with Crippen LogP contribution in [-0.4, -0.2) is 30.3 Å². The fourth-order valence-corrected chi connectivity index (χ4v) is 2.54. The largest absolute Gasteiger partial charge is 0.478 e. The Morgan fingerprint density at radius 3 is 2.74 bits per heavy atom. The summed E-state index contributed by atoms with van der Waals surface area (Å²) in [6, 6.07) is 5.65. The Bertz CT molecular complexity index is 453. The highest BCUT2D eigenvalue weighted by atomic mass is 16.5. The lowest BCUT2D eigenvalue weighted by Crippen LogP contribution is -2.31. The maximum Gasteiger partial charge on any atom is 0.337 e. The van der Waals surface area contributed by atoms with Gasteiger partial charge in [-0.3, -0.25) is 0 Å². The normalized spacial score (nSPS) is 18.0. The minimum absolute atomic E-state index is 0.254. The Hall–Kier alpha value is -1.55. The highest BCUT2D eigenvalue weighted by Crippen LogP contribution is 2.24. The van der Waals surface area contributed by atoms with E-state index in [1.165, 1.54) is 0 Å². The van der Waals surface area contributed by atoms with Crippen LogP contribution in [0.25, 0.3) is 0 Å². The fourth-order valence-electron chi connectivity index (χ4n) is 2.54. The summed E-state index contributed by atoms with van der Waals surface area (Å²) in [4.78, 5) is 11.2. The number of hydrogen-bond donors (Lipinski definition) is 2. The van der Waals surface area contributed by atoms with Crippen LogP contribution in [0.3, 0.4) is 0 Å². The molecule has 0 aromatic heterocycles. The van der Waals surface area contributed by atoms with Gasteiger partial charge in [0.25, 0.3) is 0 Å². The predicted molar refractivity (Wildman–Crippen MR) is 74.8 cm³/mol. The van der Waals surface area contributed by atoms with Gasteiger partial charge < -0.3 is 15.2 Å². The van der Waals surface area contributed by atoms with Crippen LogP contribution in [-0.2, 0) is 4.74 Å². The topological polar surface area (TPSA) is 58.6 Å². The van der Waals surface area contributed by atoms with Gasteiger partial charge in [-0.1, -0.05) is 6.07 Å². The first kappa shape index (κ1) is 13.9. The van der Waals surface area contributed by atoms with Gasteiger partial charge in [-0.05, 0) is 50.3 Å². The lowest BCUT2D eigenvalue weighted by atomic mass is 9.92. The van der Waals surface area contributed by atoms with Crippen molar-refractivity contribution in [2.45, 2.75) is 32.7 Å². The van der Waals surface area contributed by atoms with Crippen LogP contribution < -0.4 is 5.32 Å². The molecule has 19 heavy (non-hydrogen) atoms. The van der Waals surface area contributed by atoms with E-state index < -0.39 is 5.97 Å². The van der Waals surface area contributed by atoms with Gasteiger partial charge in [-0.2, -0.15) is 0 Å². The lowest BCUT2D eigenvalue weighted by Gasteiger charge is -2.29. The third-order valence-corrected chi connectivity index (χ3v) is 3.76. The smallest absolute Gasteiger partial charge is 0.337 e. The molecule has 0 radical (unpaired) electrons. The molecule has 4 heteroatoms. The van der Waals surface area contributed by atoms with E-state index in [1.54, 1.807) is 6.07 Å². The molecule has 0 saturated carbocycles. The zero-order valence-corrected chi connectivity index (χ0v) is 11.5. The molecule has 0 amide bonds. The van der Waals surface area contributed by atoms with Crippen LogP contribution in [0.2, 0.25) is 0 Å². The molecule has 0 bridgehead atoms. The Morgan fingerprint density at radius 1 is 1.42 bits per heavy atom. The Kier molecular flexibility index (Phi) is 4.43. The Labute approximate surface area is 113 Å². The SMILES string of the molecule is Cc1ccc(C(=O)O)c(NC(C)C2CCOCC2)c1. The zero-order chi connectivity index (χ0) is 13.8. The molecule has 104 valence electrons. The van der Waals surface area contributed by atoms with Crippen molar-refractivity contribution in [2.24, 2.45) is 5.92 Å². The molecule has 1 aromatic carbocycles. The number of benzene rings is 1. The van der Waals surface area contributed by atoms with Crippen molar-refractivity contribution in [1.82, 2.24) is 0 Å². The van der Waals surface area contributed by atoms with Crippen molar-refractivity contribution < 1.29 is 14.6 Å². The first-order valence-electron chi connectivity index (χ1n) is 6.76. The van der Waals surface area contributed by atoms with Crippen LogP contribution in [0.1, 0.15) is 35.7 Å². The molecular weight excluding hydrogens is 242 g/mol. The molecule has 1 aliphatic heterocycles. The number of aryl methyl sites for hydroxylation is 1. The van der Waals surface area contributed by atoms with Gasteiger partial charge in [0.15, 0.2) is 0 Å². The summed E-state index contributed by atoms with van der Waals surface area (Å²) in [5.74, 6) is -0.349. The molecule has 1 unspecified atom stereocenters. The maximum atomic E-state index is 11.2. The van der Waals surface area contributed by atoms with Gasteiger partial charge in [0.05, 0.1) is 5.56 Å². The van der Waals surface area contributed by atoms with Crippen LogP contribution in [0, 0.1) is 12.8 Å². The minimum atomic E-state index is -0.887. The first-order valence-corrected chi connectivity index (χ1v) is 6.76. The van der Waals surface area contributed by atoms with Crippen molar-refractivity contribution in [2.75, 3.05) is 18.5 Å². The predicted octanol–water partition coefficient (Wildman–Crippen LogP) is 2.92. The average Bonchev–Trinajstić information content (AvgIpc) is 2.39. The third kappa shape index (κ3) is 3.47. The van der Waals surface area contributed by atoms with Gasteiger partial charge in [0, 0.05) is 24.9 Å². The number of carboxylic acid groups (broad SMARTS) is 1. The van der Waals surface area contributed by atoms with Gasteiger partial charge in [-0.25, -0.2) is 4.79 Å². The second-order valence-corrected chi connectivity index (χ2v) is 5.24. The first-order chi connectivity index (χ1) is 9.08. The van der Waals surface area contributed by atoms with Gasteiger partial charge in [0.1, 0.15) is 0 Å². The Morgan fingerprint density at radius 2 is 2.11 bits per heavy atom. The molecule has 1 atom stereocenters. The number of rotatable bonds is 4. The highest BCUT2D eigenvalue weighted by Gasteiger charge is 2.21. The summed E-state index contributed by atoms with van der Waals surface area (Å²) in [6.45, 7) is 5.69. The number of ether oxygens (including phenoxy) is 1. The minimum Gasteiger partial charge on any atom is -0.478 e.